The van der Waals surface area contributed by atoms with Gasteiger partial charge in [-0.1, -0.05) is 60.7 Å². The van der Waals surface area contributed by atoms with Crippen molar-refractivity contribution in [3.8, 4) is 0 Å². The van der Waals surface area contributed by atoms with E-state index in [0.29, 0.717) is 12.0 Å². The van der Waals surface area contributed by atoms with E-state index in [9.17, 15) is 9.59 Å². The molecule has 0 fully saturated rings. The van der Waals surface area contributed by atoms with E-state index in [-0.39, 0.29) is 23.8 Å². The second-order valence-corrected chi connectivity index (χ2v) is 5.27. The third kappa shape index (κ3) is 3.14. The van der Waals surface area contributed by atoms with Gasteiger partial charge in [0.25, 0.3) is 0 Å². The van der Waals surface area contributed by atoms with Crippen molar-refractivity contribution >= 4 is 11.8 Å². The van der Waals surface area contributed by atoms with Crippen molar-refractivity contribution in [3.63, 3.8) is 0 Å². The number of cyclic esters (lactones) is 1. The van der Waals surface area contributed by atoms with Crippen molar-refractivity contribution < 1.29 is 14.3 Å². The van der Waals surface area contributed by atoms with Crippen molar-refractivity contribution in [1.29, 1.82) is 0 Å². The lowest BCUT2D eigenvalue weighted by Crippen LogP contribution is -2.21. The molecule has 0 saturated carbocycles. The van der Waals surface area contributed by atoms with Crippen LogP contribution in [-0.4, -0.2) is 17.9 Å². The van der Waals surface area contributed by atoms with E-state index < -0.39 is 0 Å². The number of benzene rings is 2. The number of carbonyl (C=O) groups is 2. The van der Waals surface area contributed by atoms with Gasteiger partial charge >= 0.3 is 5.97 Å². The minimum atomic E-state index is -0.387. The second kappa shape index (κ2) is 6.39. The molecule has 3 nitrogen and oxygen atoms in total. The van der Waals surface area contributed by atoms with Crippen LogP contribution in [0, 0.1) is 0 Å². The predicted molar refractivity (Wildman–Crippen MR) is 83.6 cm³/mol. The lowest BCUT2D eigenvalue weighted by molar-refractivity contribution is -0.139. The van der Waals surface area contributed by atoms with Crippen LogP contribution in [0.15, 0.2) is 72.8 Å². The average Bonchev–Trinajstić information content (AvgIpc) is 3.00. The van der Waals surface area contributed by atoms with Crippen LogP contribution < -0.4 is 0 Å². The first-order valence-electron chi connectivity index (χ1n) is 7.26. The van der Waals surface area contributed by atoms with E-state index in [2.05, 4.69) is 0 Å². The Hall–Kier alpha value is -2.68. The molecule has 1 aliphatic heterocycles. The molecule has 22 heavy (non-hydrogen) atoms. The summed E-state index contributed by atoms with van der Waals surface area (Å²) in [7, 11) is 0. The Kier molecular flexibility index (Phi) is 4.15. The largest absolute Gasteiger partial charge is 0.454 e. The molecule has 1 heterocycles. The van der Waals surface area contributed by atoms with Crippen molar-refractivity contribution in [2.45, 2.75) is 18.4 Å². The van der Waals surface area contributed by atoms with Crippen LogP contribution in [0.5, 0.6) is 0 Å². The van der Waals surface area contributed by atoms with E-state index in [0.717, 1.165) is 5.56 Å². The van der Waals surface area contributed by atoms with Crippen molar-refractivity contribution in [2.24, 2.45) is 0 Å². The molecule has 110 valence electrons. The third-order valence-corrected chi connectivity index (χ3v) is 3.80. The number of hydrogen-bond donors (Lipinski definition) is 0. The molecule has 0 aliphatic carbocycles. The Labute approximate surface area is 129 Å². The normalized spacial score (nSPS) is 18.0. The molecule has 0 N–H and O–H groups in total. The number of esters is 1. The molecule has 3 rings (SSSR count). The summed E-state index contributed by atoms with van der Waals surface area (Å²) in [4.78, 5) is 23.9. The molecule has 0 radical (unpaired) electrons. The lowest BCUT2D eigenvalue weighted by Gasteiger charge is -2.21. The Morgan fingerprint density at radius 1 is 1.00 bits per heavy atom. The van der Waals surface area contributed by atoms with Crippen LogP contribution in [0.2, 0.25) is 0 Å². The Morgan fingerprint density at radius 2 is 1.64 bits per heavy atom. The lowest BCUT2D eigenvalue weighted by atomic mass is 9.87. The summed E-state index contributed by atoms with van der Waals surface area (Å²) in [5.74, 6) is -0.472. The highest BCUT2D eigenvalue weighted by molar-refractivity contribution is 5.96. The first kappa shape index (κ1) is 14.3. The van der Waals surface area contributed by atoms with Gasteiger partial charge in [-0.05, 0) is 11.6 Å². The van der Waals surface area contributed by atoms with Gasteiger partial charge in [-0.15, -0.1) is 0 Å². The topological polar surface area (TPSA) is 43.4 Å². The van der Waals surface area contributed by atoms with Gasteiger partial charge in [-0.3, -0.25) is 4.79 Å². The molecule has 0 aromatic heterocycles. The van der Waals surface area contributed by atoms with Crippen molar-refractivity contribution in [2.75, 3.05) is 0 Å². The Balaban J connectivity index is 1.85. The van der Waals surface area contributed by atoms with Gasteiger partial charge in [0, 0.05) is 24.0 Å². The van der Waals surface area contributed by atoms with E-state index in [4.69, 9.17) is 4.74 Å². The predicted octanol–water partition coefficient (Wildman–Crippen LogP) is 3.52. The van der Waals surface area contributed by atoms with Crippen LogP contribution in [-0.2, 0) is 9.53 Å². The van der Waals surface area contributed by atoms with Crippen LogP contribution >= 0.6 is 0 Å². The minimum Gasteiger partial charge on any atom is -0.454 e. The molecule has 0 amide bonds. The van der Waals surface area contributed by atoms with Gasteiger partial charge in [-0.2, -0.15) is 0 Å². The number of ketones is 1. The SMILES string of the molecule is O=C1C=C[C@@H]([C@H](CC(=O)c2ccccc2)c2ccccc2)O1. The molecule has 0 spiro atoms. The highest BCUT2D eigenvalue weighted by Gasteiger charge is 2.30. The van der Waals surface area contributed by atoms with E-state index in [1.54, 1.807) is 18.2 Å². The number of rotatable bonds is 5. The standard InChI is InChI=1S/C19H16O3/c20-17(15-9-5-2-6-10-15)13-16(14-7-3-1-4-8-14)18-11-12-19(21)22-18/h1-12,16,18H,13H2/t16-,18+/m1/s1. The van der Waals surface area contributed by atoms with Crippen molar-refractivity contribution in [3.05, 3.63) is 83.9 Å². The molecule has 2 aromatic carbocycles. The number of Topliss-reactive ketones (excluding diaryl/α,β-unsaturated/α-hetero) is 1. The van der Waals surface area contributed by atoms with Gasteiger partial charge in [0.15, 0.2) is 5.78 Å². The zero-order chi connectivity index (χ0) is 15.4. The summed E-state index contributed by atoms with van der Waals surface area (Å²) < 4.78 is 5.31. The molecular weight excluding hydrogens is 276 g/mol. The Morgan fingerprint density at radius 3 is 2.23 bits per heavy atom. The van der Waals surface area contributed by atoms with Crippen LogP contribution in [0.25, 0.3) is 0 Å². The highest BCUT2D eigenvalue weighted by atomic mass is 16.5. The number of carbonyl (C=O) groups excluding carboxylic acids is 2. The monoisotopic (exact) mass is 292 g/mol. The molecule has 2 atom stereocenters. The zero-order valence-corrected chi connectivity index (χ0v) is 12.0. The van der Waals surface area contributed by atoms with Gasteiger partial charge in [0.2, 0.25) is 0 Å². The summed E-state index contributed by atoms with van der Waals surface area (Å²) in [6.07, 6.45) is 3.07. The number of ether oxygens (including phenoxy) is 1. The fourth-order valence-corrected chi connectivity index (χ4v) is 2.67. The van der Waals surface area contributed by atoms with E-state index >= 15 is 0 Å². The molecule has 1 aliphatic rings. The molecule has 0 saturated heterocycles. The summed E-state index contributed by atoms with van der Waals surface area (Å²) in [5.41, 5.74) is 1.67. The third-order valence-electron chi connectivity index (χ3n) is 3.80. The summed E-state index contributed by atoms with van der Waals surface area (Å²) >= 11 is 0. The minimum absolute atomic E-state index is 0.0470. The number of hydrogen-bond acceptors (Lipinski definition) is 3. The van der Waals surface area contributed by atoms with Crippen molar-refractivity contribution in [1.82, 2.24) is 0 Å². The first-order valence-corrected chi connectivity index (χ1v) is 7.26. The van der Waals surface area contributed by atoms with Crippen LogP contribution in [0.1, 0.15) is 28.3 Å². The van der Waals surface area contributed by atoms with Gasteiger partial charge in [0.1, 0.15) is 6.10 Å². The fraction of sp³-hybridized carbons (Fsp3) is 0.158. The average molecular weight is 292 g/mol. The van der Waals surface area contributed by atoms with Gasteiger partial charge in [-0.25, -0.2) is 4.79 Å². The van der Waals surface area contributed by atoms with E-state index in [1.165, 1.54) is 6.08 Å². The highest BCUT2D eigenvalue weighted by Crippen LogP contribution is 2.30. The van der Waals surface area contributed by atoms with Gasteiger partial charge < -0.3 is 4.74 Å². The molecule has 2 aromatic rings. The molecule has 0 unspecified atom stereocenters. The van der Waals surface area contributed by atoms with Crippen LogP contribution in [0.4, 0.5) is 0 Å². The molecule has 0 bridgehead atoms. The smallest absolute Gasteiger partial charge is 0.331 e. The van der Waals surface area contributed by atoms with Crippen LogP contribution in [0.3, 0.4) is 0 Å². The summed E-state index contributed by atoms with van der Waals surface area (Å²) in [6, 6.07) is 18.9. The summed E-state index contributed by atoms with van der Waals surface area (Å²) in [5, 5.41) is 0. The maximum atomic E-state index is 12.5. The Bertz CT molecular complexity index is 689. The second-order valence-electron chi connectivity index (χ2n) is 5.27. The molecular formula is C19H16O3. The first-order chi connectivity index (χ1) is 10.7. The fourth-order valence-electron chi connectivity index (χ4n) is 2.67. The maximum absolute atomic E-state index is 12.5. The summed E-state index contributed by atoms with van der Waals surface area (Å²) in [6.45, 7) is 0. The quantitative estimate of drug-likeness (QED) is 0.625. The zero-order valence-electron chi connectivity index (χ0n) is 12.0. The van der Waals surface area contributed by atoms with E-state index in [1.807, 2.05) is 48.5 Å². The van der Waals surface area contributed by atoms with Gasteiger partial charge in [0.05, 0.1) is 0 Å². The molecule has 3 heteroatoms. The maximum Gasteiger partial charge on any atom is 0.331 e.